The Bertz CT molecular complexity index is 974. The summed E-state index contributed by atoms with van der Waals surface area (Å²) in [4.78, 5) is 12.4. The van der Waals surface area contributed by atoms with Crippen LogP contribution in [-0.4, -0.2) is 34.6 Å². The molecule has 0 bridgehead atoms. The average Bonchev–Trinajstić information content (AvgIpc) is 3.44. The zero-order valence-corrected chi connectivity index (χ0v) is 15.6. The highest BCUT2D eigenvalue weighted by molar-refractivity contribution is 7.89. The minimum atomic E-state index is -3.82. The molecular formula is C18H19FN2O5S. The van der Waals surface area contributed by atoms with Crippen molar-refractivity contribution >= 4 is 21.6 Å². The number of hydrogen-bond acceptors (Lipinski definition) is 5. The van der Waals surface area contributed by atoms with Crippen LogP contribution in [0.25, 0.3) is 0 Å². The van der Waals surface area contributed by atoms with E-state index < -0.39 is 21.7 Å². The van der Waals surface area contributed by atoms with Gasteiger partial charge in [0.05, 0.1) is 14.2 Å². The molecule has 3 rings (SSSR count). The number of carbonyl (C=O) groups is 1. The van der Waals surface area contributed by atoms with Crippen LogP contribution in [0.15, 0.2) is 41.3 Å². The van der Waals surface area contributed by atoms with E-state index in [1.54, 1.807) is 0 Å². The number of hydrogen-bond donors (Lipinski definition) is 2. The van der Waals surface area contributed by atoms with Crippen molar-refractivity contribution < 1.29 is 27.1 Å². The number of benzene rings is 2. The number of rotatable bonds is 7. The van der Waals surface area contributed by atoms with E-state index in [0.717, 1.165) is 18.9 Å². The number of halogens is 1. The van der Waals surface area contributed by atoms with Crippen molar-refractivity contribution in [2.24, 2.45) is 0 Å². The summed E-state index contributed by atoms with van der Waals surface area (Å²) in [5.41, 5.74) is 0.317. The van der Waals surface area contributed by atoms with Gasteiger partial charge in [-0.05, 0) is 43.2 Å². The summed E-state index contributed by atoms with van der Waals surface area (Å²) in [6, 6.07) is 7.98. The molecule has 2 N–H and O–H groups in total. The summed E-state index contributed by atoms with van der Waals surface area (Å²) in [5.74, 6) is -1.01. The number of nitrogens with one attached hydrogen (secondary N) is 2. The maximum atomic E-state index is 13.8. The van der Waals surface area contributed by atoms with Crippen molar-refractivity contribution in [1.82, 2.24) is 4.72 Å². The quantitative estimate of drug-likeness (QED) is 0.753. The Labute approximate surface area is 156 Å². The molecule has 2 aromatic rings. The van der Waals surface area contributed by atoms with E-state index in [1.165, 1.54) is 44.6 Å². The van der Waals surface area contributed by atoms with Crippen LogP contribution >= 0.6 is 0 Å². The van der Waals surface area contributed by atoms with Crippen molar-refractivity contribution in [1.29, 1.82) is 0 Å². The first-order valence-corrected chi connectivity index (χ1v) is 9.67. The summed E-state index contributed by atoms with van der Waals surface area (Å²) in [6.45, 7) is 0. The second-order valence-electron chi connectivity index (χ2n) is 6.06. The Balaban J connectivity index is 1.86. The van der Waals surface area contributed by atoms with Crippen LogP contribution in [0.5, 0.6) is 11.5 Å². The first kappa shape index (κ1) is 19.1. The second kappa shape index (κ2) is 7.53. The zero-order chi connectivity index (χ0) is 19.6. The highest BCUT2D eigenvalue weighted by atomic mass is 32.2. The van der Waals surface area contributed by atoms with E-state index >= 15 is 0 Å². The topological polar surface area (TPSA) is 93.7 Å². The molecule has 0 radical (unpaired) electrons. The monoisotopic (exact) mass is 394 g/mol. The van der Waals surface area contributed by atoms with Gasteiger partial charge < -0.3 is 14.8 Å². The largest absolute Gasteiger partial charge is 0.495 e. The van der Waals surface area contributed by atoms with Crippen LogP contribution in [0.1, 0.15) is 23.2 Å². The van der Waals surface area contributed by atoms with Crippen molar-refractivity contribution in [2.45, 2.75) is 23.8 Å². The lowest BCUT2D eigenvalue weighted by Crippen LogP contribution is -2.26. The lowest BCUT2D eigenvalue weighted by atomic mass is 10.2. The van der Waals surface area contributed by atoms with Gasteiger partial charge in [-0.15, -0.1) is 0 Å². The summed E-state index contributed by atoms with van der Waals surface area (Å²) in [6.07, 6.45) is 1.56. The summed E-state index contributed by atoms with van der Waals surface area (Å²) < 4.78 is 51.3. The molecule has 1 saturated carbocycles. The Kier molecular flexibility index (Phi) is 5.33. The number of sulfonamides is 1. The minimum absolute atomic E-state index is 0.0528. The highest BCUT2D eigenvalue weighted by Crippen LogP contribution is 2.29. The Hall–Kier alpha value is -2.65. The predicted octanol–water partition coefficient (Wildman–Crippen LogP) is 2.54. The van der Waals surface area contributed by atoms with E-state index in [4.69, 9.17) is 9.47 Å². The lowest BCUT2D eigenvalue weighted by Gasteiger charge is -2.12. The molecule has 144 valence electrons. The number of ether oxygens (including phenoxy) is 2. The van der Waals surface area contributed by atoms with Gasteiger partial charge in [-0.2, -0.15) is 0 Å². The molecule has 1 amide bonds. The zero-order valence-electron chi connectivity index (χ0n) is 14.8. The van der Waals surface area contributed by atoms with Crippen LogP contribution in [0.3, 0.4) is 0 Å². The van der Waals surface area contributed by atoms with Gasteiger partial charge in [-0.1, -0.05) is 0 Å². The SMILES string of the molecule is COc1ccc(NC(=O)c2ccc(OC)c(S(=O)(=O)NC3CC3)c2)cc1F. The summed E-state index contributed by atoms with van der Waals surface area (Å²) >= 11 is 0. The third kappa shape index (κ3) is 4.37. The third-order valence-corrected chi connectivity index (χ3v) is 5.57. The Morgan fingerprint density at radius 3 is 2.33 bits per heavy atom. The molecule has 0 unspecified atom stereocenters. The Morgan fingerprint density at radius 1 is 1.07 bits per heavy atom. The fraction of sp³-hybridized carbons (Fsp3) is 0.278. The first-order chi connectivity index (χ1) is 12.8. The molecule has 27 heavy (non-hydrogen) atoms. The number of carbonyl (C=O) groups excluding carboxylic acids is 1. The molecule has 7 nitrogen and oxygen atoms in total. The molecule has 0 heterocycles. The lowest BCUT2D eigenvalue weighted by molar-refractivity contribution is 0.102. The second-order valence-corrected chi connectivity index (χ2v) is 7.75. The van der Waals surface area contributed by atoms with Crippen molar-refractivity contribution in [3.8, 4) is 11.5 Å². The van der Waals surface area contributed by atoms with E-state index in [1.807, 2.05) is 0 Å². The number of amides is 1. The molecular weight excluding hydrogens is 375 g/mol. The van der Waals surface area contributed by atoms with Crippen molar-refractivity contribution in [2.75, 3.05) is 19.5 Å². The van der Waals surface area contributed by atoms with Gasteiger partial charge in [0.25, 0.3) is 5.91 Å². The van der Waals surface area contributed by atoms with Crippen LogP contribution in [0.4, 0.5) is 10.1 Å². The maximum Gasteiger partial charge on any atom is 0.255 e. The van der Waals surface area contributed by atoms with Crippen LogP contribution in [0.2, 0.25) is 0 Å². The molecule has 0 saturated heterocycles. The standard InChI is InChI=1S/C18H19FN2O5S/c1-25-15-8-6-13(10-14(15)19)20-18(22)11-3-7-16(26-2)17(9-11)27(23,24)21-12-4-5-12/h3,6-10,12,21H,4-5H2,1-2H3,(H,20,22). The molecule has 1 aliphatic rings. The molecule has 0 aliphatic heterocycles. The maximum absolute atomic E-state index is 13.8. The van der Waals surface area contributed by atoms with Gasteiger partial charge >= 0.3 is 0 Å². The molecule has 0 atom stereocenters. The van der Waals surface area contributed by atoms with Gasteiger partial charge in [0, 0.05) is 23.4 Å². The van der Waals surface area contributed by atoms with E-state index in [2.05, 4.69) is 10.0 Å². The van der Waals surface area contributed by atoms with Gasteiger partial charge in [-0.25, -0.2) is 17.5 Å². The van der Waals surface area contributed by atoms with Gasteiger partial charge in [-0.3, -0.25) is 4.79 Å². The van der Waals surface area contributed by atoms with E-state index in [-0.39, 0.29) is 33.7 Å². The molecule has 0 aromatic heterocycles. The van der Waals surface area contributed by atoms with Crippen molar-refractivity contribution in [3.05, 3.63) is 47.8 Å². The van der Waals surface area contributed by atoms with Crippen LogP contribution < -0.4 is 19.5 Å². The average molecular weight is 394 g/mol. The fourth-order valence-corrected chi connectivity index (χ4v) is 3.96. The van der Waals surface area contributed by atoms with Crippen LogP contribution in [-0.2, 0) is 10.0 Å². The normalized spacial score (nSPS) is 13.9. The fourth-order valence-electron chi connectivity index (χ4n) is 2.46. The molecule has 1 aliphatic carbocycles. The van der Waals surface area contributed by atoms with Crippen LogP contribution in [0, 0.1) is 5.82 Å². The summed E-state index contributed by atoms with van der Waals surface area (Å²) in [7, 11) is -1.12. The van der Waals surface area contributed by atoms with Gasteiger partial charge in [0.1, 0.15) is 10.6 Å². The van der Waals surface area contributed by atoms with Gasteiger partial charge in [0.15, 0.2) is 11.6 Å². The predicted molar refractivity (Wildman–Crippen MR) is 97.2 cm³/mol. The number of anilines is 1. The van der Waals surface area contributed by atoms with E-state index in [0.29, 0.717) is 0 Å². The first-order valence-electron chi connectivity index (χ1n) is 8.19. The molecule has 9 heteroatoms. The number of methoxy groups -OCH3 is 2. The van der Waals surface area contributed by atoms with Gasteiger partial charge in [0.2, 0.25) is 10.0 Å². The minimum Gasteiger partial charge on any atom is -0.495 e. The van der Waals surface area contributed by atoms with Crippen molar-refractivity contribution in [3.63, 3.8) is 0 Å². The smallest absolute Gasteiger partial charge is 0.255 e. The molecule has 2 aromatic carbocycles. The van der Waals surface area contributed by atoms with E-state index in [9.17, 15) is 17.6 Å². The molecule has 0 spiro atoms. The molecule has 1 fully saturated rings. The Morgan fingerprint density at radius 2 is 1.74 bits per heavy atom. The summed E-state index contributed by atoms with van der Waals surface area (Å²) in [5, 5.41) is 2.53. The third-order valence-electron chi connectivity index (χ3n) is 4.02. The highest BCUT2D eigenvalue weighted by Gasteiger charge is 2.30.